The van der Waals surface area contributed by atoms with Gasteiger partial charge in [-0.15, -0.1) is 0 Å². The van der Waals surface area contributed by atoms with Gasteiger partial charge in [0.05, 0.1) is 21.1 Å². The van der Waals surface area contributed by atoms with E-state index in [9.17, 15) is 24.5 Å². The van der Waals surface area contributed by atoms with Crippen LogP contribution in [0.4, 0.5) is 11.4 Å². The molecule has 4 aliphatic rings. The molecule has 1 saturated heterocycles. The van der Waals surface area contributed by atoms with Crippen LogP contribution in [-0.2, 0) is 18.7 Å². The van der Waals surface area contributed by atoms with Crippen LogP contribution in [0.1, 0.15) is 28.2 Å². The van der Waals surface area contributed by atoms with Crippen LogP contribution in [0.25, 0.3) is 0 Å². The van der Waals surface area contributed by atoms with Gasteiger partial charge in [-0.3, -0.25) is 29.4 Å². The van der Waals surface area contributed by atoms with Gasteiger partial charge in [0.2, 0.25) is 17.7 Å². The standard InChI is InChI=1S/C26H18BrN3O5/c27-26-18-7-3-1-5-16(18)21(17-6-2-4-8-19(17)26)22-23(26)25(33)29(24(22)32)13-20(31)28-14-9-11-15(12-10-14)30(34)35/h1-12,21-23H,13H2,(H,28,31)/t21?,22-,23-,26?/m0/s1. The normalized spacial score (nSPS) is 25.6. The highest BCUT2D eigenvalue weighted by Crippen LogP contribution is 2.66. The van der Waals surface area contributed by atoms with E-state index < -0.39 is 33.5 Å². The summed E-state index contributed by atoms with van der Waals surface area (Å²) in [5, 5.41) is 13.5. The Bertz CT molecular complexity index is 1390. The van der Waals surface area contributed by atoms with Crippen LogP contribution >= 0.6 is 15.9 Å². The van der Waals surface area contributed by atoms with Crippen molar-refractivity contribution >= 4 is 45.0 Å². The number of hydrogen-bond acceptors (Lipinski definition) is 5. The summed E-state index contributed by atoms with van der Waals surface area (Å²) < 4.78 is -0.865. The van der Waals surface area contributed by atoms with Gasteiger partial charge in [-0.1, -0.05) is 64.5 Å². The van der Waals surface area contributed by atoms with E-state index in [0.29, 0.717) is 5.69 Å². The Kier molecular flexibility index (Phi) is 4.69. The number of halogens is 1. The predicted molar refractivity (Wildman–Crippen MR) is 130 cm³/mol. The topological polar surface area (TPSA) is 110 Å². The van der Waals surface area contributed by atoms with Gasteiger partial charge < -0.3 is 5.32 Å². The van der Waals surface area contributed by atoms with Gasteiger partial charge >= 0.3 is 0 Å². The first-order valence-corrected chi connectivity index (χ1v) is 11.9. The zero-order chi connectivity index (χ0) is 24.5. The lowest BCUT2D eigenvalue weighted by Crippen LogP contribution is -2.50. The van der Waals surface area contributed by atoms with Gasteiger partial charge in [0.25, 0.3) is 5.69 Å². The van der Waals surface area contributed by atoms with E-state index in [-0.39, 0.29) is 23.4 Å². The molecule has 3 aromatic carbocycles. The number of rotatable bonds is 4. The summed E-state index contributed by atoms with van der Waals surface area (Å²) >= 11 is 3.92. The van der Waals surface area contributed by atoms with E-state index in [1.807, 2.05) is 48.5 Å². The minimum absolute atomic E-state index is 0.103. The van der Waals surface area contributed by atoms with E-state index in [2.05, 4.69) is 21.2 Å². The summed E-state index contributed by atoms with van der Waals surface area (Å²) in [5.41, 5.74) is 4.22. The van der Waals surface area contributed by atoms with E-state index in [1.54, 1.807) is 0 Å². The Morgan fingerprint density at radius 2 is 1.51 bits per heavy atom. The minimum Gasteiger partial charge on any atom is -0.325 e. The molecule has 0 radical (unpaired) electrons. The van der Waals surface area contributed by atoms with Gasteiger partial charge in [0, 0.05) is 23.7 Å². The molecule has 1 fully saturated rings. The van der Waals surface area contributed by atoms with Crippen LogP contribution < -0.4 is 5.32 Å². The maximum atomic E-state index is 13.7. The molecule has 8 nitrogen and oxygen atoms in total. The average molecular weight is 532 g/mol. The van der Waals surface area contributed by atoms with Crippen molar-refractivity contribution in [3.8, 4) is 0 Å². The number of hydrogen-bond donors (Lipinski definition) is 1. The molecule has 1 N–H and O–H groups in total. The maximum Gasteiger partial charge on any atom is 0.269 e. The molecule has 9 heteroatoms. The Balaban J connectivity index is 1.33. The number of likely N-dealkylation sites (tertiary alicyclic amines) is 1. The number of benzene rings is 3. The van der Waals surface area contributed by atoms with E-state index >= 15 is 0 Å². The molecular weight excluding hydrogens is 514 g/mol. The molecule has 0 unspecified atom stereocenters. The molecule has 2 atom stereocenters. The lowest BCUT2D eigenvalue weighted by atomic mass is 9.55. The fourth-order valence-electron chi connectivity index (χ4n) is 5.91. The second-order valence-corrected chi connectivity index (χ2v) is 10.2. The van der Waals surface area contributed by atoms with Gasteiger partial charge in [0.15, 0.2) is 0 Å². The van der Waals surface area contributed by atoms with Gasteiger partial charge in [-0.25, -0.2) is 0 Å². The quantitative estimate of drug-likeness (QED) is 0.237. The molecule has 7 rings (SSSR count). The molecule has 174 valence electrons. The Hall–Kier alpha value is -3.85. The molecule has 1 aliphatic heterocycles. The summed E-state index contributed by atoms with van der Waals surface area (Å²) in [6, 6.07) is 21.1. The van der Waals surface area contributed by atoms with Crippen molar-refractivity contribution in [3.63, 3.8) is 0 Å². The summed E-state index contributed by atoms with van der Waals surface area (Å²) in [6.07, 6.45) is 0. The van der Waals surface area contributed by atoms with Gasteiger partial charge in [-0.05, 0) is 34.4 Å². The molecule has 0 spiro atoms. The Labute approximate surface area is 208 Å². The van der Waals surface area contributed by atoms with Crippen molar-refractivity contribution in [2.45, 2.75) is 10.2 Å². The highest BCUT2D eigenvalue weighted by atomic mass is 79.9. The third-order valence-electron chi connectivity index (χ3n) is 7.27. The largest absolute Gasteiger partial charge is 0.325 e. The average Bonchev–Trinajstić information content (AvgIpc) is 3.11. The number of anilines is 1. The number of amides is 3. The smallest absolute Gasteiger partial charge is 0.269 e. The minimum atomic E-state index is -0.865. The number of carbonyl (C=O) groups is 3. The summed E-state index contributed by atoms with van der Waals surface area (Å²) in [7, 11) is 0. The number of nitrogens with one attached hydrogen (secondary N) is 1. The van der Waals surface area contributed by atoms with Crippen LogP contribution in [0, 0.1) is 22.0 Å². The number of nitro benzene ring substituents is 1. The first-order valence-electron chi connectivity index (χ1n) is 11.1. The number of non-ortho nitro benzene ring substituents is 1. The maximum absolute atomic E-state index is 13.7. The number of alkyl halides is 1. The summed E-state index contributed by atoms with van der Waals surface area (Å²) in [5.74, 6) is -2.85. The number of imide groups is 1. The number of nitro groups is 1. The summed E-state index contributed by atoms with van der Waals surface area (Å²) in [6.45, 7) is -0.426. The zero-order valence-electron chi connectivity index (χ0n) is 18.2. The molecule has 2 bridgehead atoms. The predicted octanol–water partition coefficient (Wildman–Crippen LogP) is 3.93. The molecule has 3 aromatic rings. The van der Waals surface area contributed by atoms with Crippen molar-refractivity contribution in [1.29, 1.82) is 0 Å². The van der Waals surface area contributed by atoms with Crippen LogP contribution in [0.5, 0.6) is 0 Å². The van der Waals surface area contributed by atoms with Crippen LogP contribution in [-0.4, -0.2) is 34.1 Å². The SMILES string of the molecule is O=C(CN1C(=O)[C@@H]2[C@@H](C1=O)C1c3ccccc3C2(Br)c2ccccc21)Nc1ccc([N+](=O)[O-])cc1. The van der Waals surface area contributed by atoms with Crippen LogP contribution in [0.2, 0.25) is 0 Å². The Morgan fingerprint density at radius 3 is 2.09 bits per heavy atom. The van der Waals surface area contributed by atoms with Gasteiger partial charge in [0.1, 0.15) is 6.54 Å². The van der Waals surface area contributed by atoms with Gasteiger partial charge in [-0.2, -0.15) is 0 Å². The number of carbonyl (C=O) groups excluding carboxylic acids is 3. The van der Waals surface area contributed by atoms with Crippen molar-refractivity contribution in [2.75, 3.05) is 11.9 Å². The van der Waals surface area contributed by atoms with Crippen molar-refractivity contribution in [2.24, 2.45) is 11.8 Å². The first-order chi connectivity index (χ1) is 16.8. The summed E-state index contributed by atoms with van der Waals surface area (Å²) in [4.78, 5) is 51.5. The fraction of sp³-hybridized carbons (Fsp3) is 0.192. The first kappa shape index (κ1) is 21.7. The van der Waals surface area contributed by atoms with E-state index in [0.717, 1.165) is 27.2 Å². The van der Waals surface area contributed by atoms with E-state index in [4.69, 9.17) is 0 Å². The molecule has 3 aliphatic carbocycles. The Morgan fingerprint density at radius 1 is 0.943 bits per heavy atom. The van der Waals surface area contributed by atoms with Crippen molar-refractivity contribution in [3.05, 3.63) is 105 Å². The lowest BCUT2D eigenvalue weighted by Gasteiger charge is -2.51. The van der Waals surface area contributed by atoms with Crippen LogP contribution in [0.3, 0.4) is 0 Å². The highest BCUT2D eigenvalue weighted by molar-refractivity contribution is 9.09. The van der Waals surface area contributed by atoms with Crippen LogP contribution in [0.15, 0.2) is 72.8 Å². The molecule has 3 amide bonds. The van der Waals surface area contributed by atoms with Crippen molar-refractivity contribution in [1.82, 2.24) is 4.90 Å². The lowest BCUT2D eigenvalue weighted by molar-refractivity contribution is -0.384. The molecule has 0 saturated carbocycles. The second-order valence-electron chi connectivity index (χ2n) is 8.98. The molecular formula is C26H18BrN3O5. The molecule has 1 heterocycles. The molecule has 35 heavy (non-hydrogen) atoms. The monoisotopic (exact) mass is 531 g/mol. The van der Waals surface area contributed by atoms with E-state index in [1.165, 1.54) is 24.3 Å². The fourth-order valence-corrected chi connectivity index (χ4v) is 7.11. The third kappa shape index (κ3) is 2.94. The number of nitrogens with zero attached hydrogens (tertiary/aromatic N) is 2. The molecule has 0 aromatic heterocycles. The third-order valence-corrected chi connectivity index (χ3v) is 8.62. The highest BCUT2D eigenvalue weighted by Gasteiger charge is 2.67. The van der Waals surface area contributed by atoms with Crippen molar-refractivity contribution < 1.29 is 19.3 Å². The zero-order valence-corrected chi connectivity index (χ0v) is 19.8. The second kappa shape index (κ2) is 7.58.